The molecule has 1 atom stereocenters. The third-order valence-electron chi connectivity index (χ3n) is 4.21. The van der Waals surface area contributed by atoms with E-state index in [1.54, 1.807) is 24.5 Å². The van der Waals surface area contributed by atoms with Gasteiger partial charge in [0.15, 0.2) is 0 Å². The molecule has 2 heterocycles. The monoisotopic (exact) mass is 349 g/mol. The lowest BCUT2D eigenvalue weighted by atomic mass is 10.1. The van der Waals surface area contributed by atoms with Gasteiger partial charge in [0.2, 0.25) is 15.9 Å². The first-order valence-corrected chi connectivity index (χ1v) is 9.11. The van der Waals surface area contributed by atoms with E-state index in [4.69, 9.17) is 5.11 Å². The number of rotatable bonds is 4. The number of pyridine rings is 1. The number of hydrogen-bond acceptors (Lipinski definition) is 5. The number of hydrogen-bond donors (Lipinski definition) is 2. The van der Waals surface area contributed by atoms with E-state index in [1.807, 2.05) is 13.0 Å². The van der Waals surface area contributed by atoms with Crippen LogP contribution >= 0.6 is 0 Å². The van der Waals surface area contributed by atoms with Crippen molar-refractivity contribution in [3.63, 3.8) is 0 Å². The molecule has 1 fully saturated rings. The predicted molar refractivity (Wildman–Crippen MR) is 88.9 cm³/mol. The van der Waals surface area contributed by atoms with Gasteiger partial charge in [-0.25, -0.2) is 8.42 Å². The van der Waals surface area contributed by atoms with Crippen LogP contribution in [0.25, 0.3) is 10.8 Å². The largest absolute Gasteiger partial charge is 0.387 e. The van der Waals surface area contributed by atoms with Gasteiger partial charge < -0.3 is 10.4 Å². The van der Waals surface area contributed by atoms with Crippen LogP contribution in [0.2, 0.25) is 0 Å². The van der Waals surface area contributed by atoms with Crippen LogP contribution in [0.5, 0.6) is 0 Å². The average Bonchev–Trinajstić information content (AvgIpc) is 3.03. The van der Waals surface area contributed by atoms with Crippen molar-refractivity contribution in [2.75, 3.05) is 19.7 Å². The molecule has 0 radical (unpaired) electrons. The molecule has 0 aliphatic carbocycles. The quantitative estimate of drug-likeness (QED) is 0.833. The van der Waals surface area contributed by atoms with E-state index in [0.29, 0.717) is 18.4 Å². The fourth-order valence-electron chi connectivity index (χ4n) is 3.06. The number of aromatic nitrogens is 1. The summed E-state index contributed by atoms with van der Waals surface area (Å²) in [5, 5.41) is 12.9. The zero-order chi connectivity index (χ0) is 17.3. The molecule has 8 heteroatoms. The maximum Gasteiger partial charge on any atom is 0.245 e. The van der Waals surface area contributed by atoms with Gasteiger partial charge in [0.1, 0.15) is 6.61 Å². The minimum atomic E-state index is -3.67. The van der Waals surface area contributed by atoms with Gasteiger partial charge in [0.25, 0.3) is 0 Å². The Kier molecular flexibility index (Phi) is 4.53. The molecule has 1 aromatic carbocycles. The molecular weight excluding hydrogens is 330 g/mol. The summed E-state index contributed by atoms with van der Waals surface area (Å²) >= 11 is 0. The lowest BCUT2D eigenvalue weighted by Gasteiger charge is -2.19. The van der Waals surface area contributed by atoms with Gasteiger partial charge >= 0.3 is 0 Å². The van der Waals surface area contributed by atoms with E-state index in [2.05, 4.69) is 10.3 Å². The van der Waals surface area contributed by atoms with Crippen LogP contribution < -0.4 is 5.32 Å². The molecule has 1 aromatic heterocycles. The van der Waals surface area contributed by atoms with Gasteiger partial charge in [-0.05, 0) is 25.0 Å². The second kappa shape index (κ2) is 6.46. The molecule has 128 valence electrons. The summed E-state index contributed by atoms with van der Waals surface area (Å²) in [5.74, 6) is -0.494. The maximum atomic E-state index is 13.0. The minimum Gasteiger partial charge on any atom is -0.387 e. The number of carbonyl (C=O) groups is 1. The molecule has 0 bridgehead atoms. The summed E-state index contributed by atoms with van der Waals surface area (Å²) in [7, 11) is -3.67. The predicted octanol–water partition coefficient (Wildman–Crippen LogP) is 0.415. The number of aryl methyl sites for hydroxylation is 1. The molecule has 1 amide bonds. The molecular formula is C16H19N3O4S. The molecule has 1 saturated heterocycles. The van der Waals surface area contributed by atoms with E-state index < -0.39 is 22.5 Å². The molecule has 7 nitrogen and oxygen atoms in total. The van der Waals surface area contributed by atoms with E-state index >= 15 is 0 Å². The number of fused-ring (bicyclic) bond motifs is 1. The van der Waals surface area contributed by atoms with Gasteiger partial charge in [-0.2, -0.15) is 4.31 Å². The molecule has 1 aliphatic rings. The first-order valence-electron chi connectivity index (χ1n) is 7.67. The normalized spacial score (nSPS) is 18.8. The standard InChI is InChI=1S/C16H19N3O4S/c1-11-7-17-8-12-3-2-4-14(16(11)12)24(22,23)19-6-5-13(9-19)18-15(21)10-20/h2-4,7-8,13,20H,5-6,9-10H2,1H3,(H,18,21)/t13-/m1/s1. The van der Waals surface area contributed by atoms with Crippen LogP contribution in [-0.4, -0.2) is 54.5 Å². The Morgan fingerprint density at radius 3 is 2.96 bits per heavy atom. The summed E-state index contributed by atoms with van der Waals surface area (Å²) in [5.41, 5.74) is 0.802. The van der Waals surface area contributed by atoms with Gasteiger partial charge in [0, 0.05) is 42.3 Å². The number of aliphatic hydroxyl groups is 1. The summed E-state index contributed by atoms with van der Waals surface area (Å²) in [4.78, 5) is 15.6. The van der Waals surface area contributed by atoms with Crippen LogP contribution in [0.4, 0.5) is 0 Å². The number of amides is 1. The van der Waals surface area contributed by atoms with Crippen molar-refractivity contribution in [3.05, 3.63) is 36.2 Å². The number of nitrogens with one attached hydrogen (secondary N) is 1. The van der Waals surface area contributed by atoms with E-state index in [-0.39, 0.29) is 17.5 Å². The first-order chi connectivity index (χ1) is 11.4. The Morgan fingerprint density at radius 1 is 1.42 bits per heavy atom. The van der Waals surface area contributed by atoms with Crippen molar-refractivity contribution in [1.29, 1.82) is 0 Å². The molecule has 3 rings (SSSR count). The van der Waals surface area contributed by atoms with Gasteiger partial charge in [-0.3, -0.25) is 9.78 Å². The summed E-state index contributed by atoms with van der Waals surface area (Å²) < 4.78 is 27.5. The highest BCUT2D eigenvalue weighted by Crippen LogP contribution is 2.29. The highest BCUT2D eigenvalue weighted by Gasteiger charge is 2.34. The van der Waals surface area contributed by atoms with Gasteiger partial charge in [-0.1, -0.05) is 12.1 Å². The second-order valence-corrected chi connectivity index (χ2v) is 7.79. The zero-order valence-electron chi connectivity index (χ0n) is 13.3. The third-order valence-corrected chi connectivity index (χ3v) is 6.12. The topological polar surface area (TPSA) is 99.6 Å². The Hall–Kier alpha value is -2.03. The fourth-order valence-corrected chi connectivity index (χ4v) is 4.85. The van der Waals surface area contributed by atoms with Crippen molar-refractivity contribution in [1.82, 2.24) is 14.6 Å². The maximum absolute atomic E-state index is 13.0. The Morgan fingerprint density at radius 2 is 2.21 bits per heavy atom. The van der Waals surface area contributed by atoms with E-state index in [9.17, 15) is 13.2 Å². The van der Waals surface area contributed by atoms with Crippen molar-refractivity contribution in [2.24, 2.45) is 0 Å². The Labute approximate surface area is 140 Å². The Bertz CT molecular complexity index is 877. The van der Waals surface area contributed by atoms with Gasteiger partial charge in [0.05, 0.1) is 4.90 Å². The summed E-state index contributed by atoms with van der Waals surface area (Å²) in [6.45, 7) is 1.77. The van der Waals surface area contributed by atoms with Crippen molar-refractivity contribution in [2.45, 2.75) is 24.3 Å². The number of benzene rings is 1. The molecule has 0 unspecified atom stereocenters. The van der Waals surface area contributed by atoms with Crippen LogP contribution in [0.3, 0.4) is 0 Å². The van der Waals surface area contributed by atoms with Crippen molar-refractivity contribution < 1.29 is 18.3 Å². The van der Waals surface area contributed by atoms with Crippen LogP contribution in [0.1, 0.15) is 12.0 Å². The average molecular weight is 349 g/mol. The summed E-state index contributed by atoms with van der Waals surface area (Å²) in [6.07, 6.45) is 3.82. The number of sulfonamides is 1. The number of carbonyl (C=O) groups excluding carboxylic acids is 1. The fraction of sp³-hybridized carbons (Fsp3) is 0.375. The first kappa shape index (κ1) is 16.8. The third kappa shape index (κ3) is 3.00. The molecule has 1 aliphatic heterocycles. The van der Waals surface area contributed by atoms with Crippen LogP contribution in [0.15, 0.2) is 35.5 Å². The summed E-state index contributed by atoms with van der Waals surface area (Å²) in [6, 6.07) is 4.86. The zero-order valence-corrected chi connectivity index (χ0v) is 14.1. The minimum absolute atomic E-state index is 0.203. The number of aliphatic hydroxyl groups excluding tert-OH is 1. The highest BCUT2D eigenvalue weighted by molar-refractivity contribution is 7.89. The molecule has 0 saturated carbocycles. The molecule has 2 N–H and O–H groups in total. The van der Waals surface area contributed by atoms with Crippen molar-refractivity contribution in [3.8, 4) is 0 Å². The molecule has 2 aromatic rings. The second-order valence-electron chi connectivity index (χ2n) is 5.88. The SMILES string of the molecule is Cc1cncc2cccc(S(=O)(=O)N3CC[C@@H](NC(=O)CO)C3)c12. The molecule has 0 spiro atoms. The lowest BCUT2D eigenvalue weighted by Crippen LogP contribution is -2.39. The van der Waals surface area contributed by atoms with Crippen molar-refractivity contribution >= 4 is 26.7 Å². The molecule has 24 heavy (non-hydrogen) atoms. The number of nitrogens with zero attached hydrogens (tertiary/aromatic N) is 2. The van der Waals surface area contributed by atoms with E-state index in [1.165, 1.54) is 4.31 Å². The smallest absolute Gasteiger partial charge is 0.245 e. The Balaban J connectivity index is 1.94. The van der Waals surface area contributed by atoms with E-state index in [0.717, 1.165) is 10.9 Å². The van der Waals surface area contributed by atoms with Crippen LogP contribution in [0, 0.1) is 6.92 Å². The lowest BCUT2D eigenvalue weighted by molar-refractivity contribution is -0.124. The van der Waals surface area contributed by atoms with Crippen LogP contribution in [-0.2, 0) is 14.8 Å². The van der Waals surface area contributed by atoms with Gasteiger partial charge in [-0.15, -0.1) is 0 Å². The highest BCUT2D eigenvalue weighted by atomic mass is 32.2.